The Balaban J connectivity index is 1.57. The first-order chi connectivity index (χ1) is 14.2. The van der Waals surface area contributed by atoms with Crippen molar-refractivity contribution in [2.45, 2.75) is 5.37 Å². The van der Waals surface area contributed by atoms with Crippen LogP contribution in [0.1, 0.15) is 21.3 Å². The second-order valence-corrected chi connectivity index (χ2v) is 7.64. The van der Waals surface area contributed by atoms with Gasteiger partial charge in [-0.2, -0.15) is 0 Å². The van der Waals surface area contributed by atoms with Gasteiger partial charge in [-0.05, 0) is 54.1 Å². The lowest BCUT2D eigenvalue weighted by molar-refractivity contribution is -0.115. The molecule has 0 spiro atoms. The molecule has 29 heavy (non-hydrogen) atoms. The summed E-state index contributed by atoms with van der Waals surface area (Å²) >= 11 is 1.57. The highest BCUT2D eigenvalue weighted by Crippen LogP contribution is 2.42. The molecule has 3 aromatic carbocycles. The van der Waals surface area contributed by atoms with Gasteiger partial charge in [0.2, 0.25) is 5.91 Å². The number of carbonyl (C=O) groups excluding carboxylic acids is 2. The summed E-state index contributed by atoms with van der Waals surface area (Å²) < 4.78 is 5.21. The van der Waals surface area contributed by atoms with Crippen molar-refractivity contribution < 1.29 is 14.3 Å². The summed E-state index contributed by atoms with van der Waals surface area (Å²) in [4.78, 5) is 26.8. The molecule has 1 saturated heterocycles. The number of hydrogen-bond acceptors (Lipinski definition) is 4. The number of carbonyl (C=O) groups is 2. The summed E-state index contributed by atoms with van der Waals surface area (Å²) in [5.74, 6) is 1.06. The highest BCUT2D eigenvalue weighted by Gasteiger charge is 2.34. The molecule has 1 aliphatic heterocycles. The van der Waals surface area contributed by atoms with Gasteiger partial charge in [-0.15, -0.1) is 11.8 Å². The number of rotatable bonds is 5. The maximum atomic E-state index is 12.6. The number of benzene rings is 3. The minimum absolute atomic E-state index is 0.0592. The summed E-state index contributed by atoms with van der Waals surface area (Å²) in [6.45, 7) is 0. The van der Waals surface area contributed by atoms with Gasteiger partial charge >= 0.3 is 0 Å². The molecule has 4 rings (SSSR count). The Labute approximate surface area is 173 Å². The van der Waals surface area contributed by atoms with E-state index in [9.17, 15) is 9.59 Å². The predicted molar refractivity (Wildman–Crippen MR) is 117 cm³/mol. The van der Waals surface area contributed by atoms with E-state index >= 15 is 0 Å². The molecule has 1 aliphatic rings. The van der Waals surface area contributed by atoms with Crippen LogP contribution in [0, 0.1) is 0 Å². The van der Waals surface area contributed by atoms with Crippen LogP contribution in [0.5, 0.6) is 5.75 Å². The minimum Gasteiger partial charge on any atom is -0.497 e. The van der Waals surface area contributed by atoms with Gasteiger partial charge in [0.05, 0.1) is 12.9 Å². The van der Waals surface area contributed by atoms with Gasteiger partial charge in [-0.3, -0.25) is 14.5 Å². The van der Waals surface area contributed by atoms with Crippen LogP contribution in [0.3, 0.4) is 0 Å². The predicted octanol–water partition coefficient (Wildman–Crippen LogP) is 4.73. The van der Waals surface area contributed by atoms with Crippen LogP contribution >= 0.6 is 11.8 Å². The van der Waals surface area contributed by atoms with E-state index in [4.69, 9.17) is 4.74 Å². The van der Waals surface area contributed by atoms with Crippen molar-refractivity contribution in [3.05, 3.63) is 90.0 Å². The Morgan fingerprint density at radius 2 is 1.79 bits per heavy atom. The molecule has 0 unspecified atom stereocenters. The van der Waals surface area contributed by atoms with Gasteiger partial charge < -0.3 is 10.1 Å². The molecule has 1 fully saturated rings. The van der Waals surface area contributed by atoms with E-state index < -0.39 is 0 Å². The van der Waals surface area contributed by atoms with Gasteiger partial charge in [0.25, 0.3) is 5.91 Å². The summed E-state index contributed by atoms with van der Waals surface area (Å²) in [6, 6.07) is 24.2. The first kappa shape index (κ1) is 19.1. The molecule has 1 N–H and O–H groups in total. The third kappa shape index (κ3) is 4.12. The fourth-order valence-electron chi connectivity index (χ4n) is 3.26. The second kappa shape index (κ2) is 8.41. The number of nitrogens with one attached hydrogen (secondary N) is 1. The number of ether oxygens (including phenoxy) is 1. The van der Waals surface area contributed by atoms with Crippen LogP contribution in [-0.4, -0.2) is 24.7 Å². The zero-order chi connectivity index (χ0) is 20.2. The van der Waals surface area contributed by atoms with Gasteiger partial charge in [0.15, 0.2) is 0 Å². The van der Waals surface area contributed by atoms with Crippen molar-refractivity contribution in [2.75, 3.05) is 23.1 Å². The Kier molecular flexibility index (Phi) is 5.53. The van der Waals surface area contributed by atoms with E-state index in [2.05, 4.69) is 5.32 Å². The molecular formula is C23H20N2O3S. The van der Waals surface area contributed by atoms with Crippen molar-refractivity contribution in [3.8, 4) is 5.75 Å². The van der Waals surface area contributed by atoms with Gasteiger partial charge in [-0.25, -0.2) is 0 Å². The highest BCUT2D eigenvalue weighted by atomic mass is 32.2. The van der Waals surface area contributed by atoms with E-state index in [-0.39, 0.29) is 17.2 Å². The topological polar surface area (TPSA) is 58.6 Å². The van der Waals surface area contributed by atoms with Crippen LogP contribution in [0.2, 0.25) is 0 Å². The standard InChI is InChI=1S/C23H20N2O3S/c1-28-20-12-10-19(11-13-20)25-21(26)15-29-23(25)17-8-5-9-18(14-17)24-22(27)16-6-3-2-4-7-16/h2-14,23H,15H2,1H3,(H,24,27)/t23-/m1/s1. The molecule has 0 radical (unpaired) electrons. The molecule has 0 saturated carbocycles. The number of anilines is 2. The number of thioether (sulfide) groups is 1. The third-order valence-corrected chi connectivity index (χ3v) is 5.90. The van der Waals surface area contributed by atoms with E-state index in [1.807, 2.05) is 66.7 Å². The van der Waals surface area contributed by atoms with Crippen molar-refractivity contribution in [1.82, 2.24) is 0 Å². The van der Waals surface area contributed by atoms with Crippen LogP contribution in [0.25, 0.3) is 0 Å². The average molecular weight is 404 g/mol. The average Bonchev–Trinajstić information content (AvgIpc) is 3.16. The van der Waals surface area contributed by atoms with Crippen LogP contribution in [-0.2, 0) is 4.79 Å². The Morgan fingerprint density at radius 3 is 2.52 bits per heavy atom. The number of hydrogen-bond donors (Lipinski definition) is 1. The SMILES string of the molecule is COc1ccc(N2C(=O)CS[C@@H]2c2cccc(NC(=O)c3ccccc3)c2)cc1. The molecule has 146 valence electrons. The van der Waals surface area contributed by atoms with Crippen LogP contribution < -0.4 is 15.0 Å². The second-order valence-electron chi connectivity index (χ2n) is 6.57. The zero-order valence-electron chi connectivity index (χ0n) is 15.9. The van der Waals surface area contributed by atoms with Gasteiger partial charge in [0, 0.05) is 16.9 Å². The maximum Gasteiger partial charge on any atom is 0.255 e. The Bertz CT molecular complexity index is 1020. The lowest BCUT2D eigenvalue weighted by Gasteiger charge is -2.25. The number of methoxy groups -OCH3 is 1. The molecule has 6 heteroatoms. The quantitative estimate of drug-likeness (QED) is 0.668. The molecule has 0 bridgehead atoms. The lowest BCUT2D eigenvalue weighted by atomic mass is 10.1. The molecule has 0 aromatic heterocycles. The lowest BCUT2D eigenvalue weighted by Crippen LogP contribution is -2.27. The van der Waals surface area contributed by atoms with Gasteiger partial charge in [-0.1, -0.05) is 30.3 Å². The van der Waals surface area contributed by atoms with E-state index in [1.54, 1.807) is 35.9 Å². The fourth-order valence-corrected chi connectivity index (χ4v) is 4.42. The van der Waals surface area contributed by atoms with Crippen molar-refractivity contribution >= 4 is 35.0 Å². The first-order valence-electron chi connectivity index (χ1n) is 9.20. The van der Waals surface area contributed by atoms with Crippen LogP contribution in [0.15, 0.2) is 78.9 Å². The molecular weight excluding hydrogens is 384 g/mol. The summed E-state index contributed by atoms with van der Waals surface area (Å²) in [5.41, 5.74) is 3.08. The van der Waals surface area contributed by atoms with Crippen LogP contribution in [0.4, 0.5) is 11.4 Å². The maximum absolute atomic E-state index is 12.6. The summed E-state index contributed by atoms with van der Waals surface area (Å²) in [7, 11) is 1.61. The Hall–Kier alpha value is -3.25. The largest absolute Gasteiger partial charge is 0.497 e. The molecule has 5 nitrogen and oxygen atoms in total. The fraction of sp³-hybridized carbons (Fsp3) is 0.130. The number of amides is 2. The molecule has 1 atom stereocenters. The minimum atomic E-state index is -0.162. The molecule has 1 heterocycles. The summed E-state index contributed by atoms with van der Waals surface area (Å²) in [6.07, 6.45) is 0. The monoisotopic (exact) mass is 404 g/mol. The third-order valence-electron chi connectivity index (χ3n) is 4.68. The smallest absolute Gasteiger partial charge is 0.255 e. The normalized spacial score (nSPS) is 16.0. The van der Waals surface area contributed by atoms with Crippen molar-refractivity contribution in [1.29, 1.82) is 0 Å². The first-order valence-corrected chi connectivity index (χ1v) is 10.2. The van der Waals surface area contributed by atoms with E-state index in [0.29, 0.717) is 17.0 Å². The molecule has 0 aliphatic carbocycles. The van der Waals surface area contributed by atoms with Crippen molar-refractivity contribution in [2.24, 2.45) is 0 Å². The molecule has 3 aromatic rings. The highest BCUT2D eigenvalue weighted by molar-refractivity contribution is 8.00. The number of nitrogens with zero attached hydrogens (tertiary/aromatic N) is 1. The molecule has 2 amide bonds. The van der Waals surface area contributed by atoms with E-state index in [1.165, 1.54) is 0 Å². The summed E-state index contributed by atoms with van der Waals surface area (Å²) in [5, 5.41) is 2.79. The van der Waals surface area contributed by atoms with E-state index in [0.717, 1.165) is 17.0 Å². The van der Waals surface area contributed by atoms with Crippen molar-refractivity contribution in [3.63, 3.8) is 0 Å². The Morgan fingerprint density at radius 1 is 1.03 bits per heavy atom. The van der Waals surface area contributed by atoms with Gasteiger partial charge in [0.1, 0.15) is 11.1 Å². The zero-order valence-corrected chi connectivity index (χ0v) is 16.7.